The molecule has 8 nitrogen and oxygen atoms in total. The highest BCUT2D eigenvalue weighted by atomic mass is 16.6. The molecule has 0 saturated heterocycles. The van der Waals surface area contributed by atoms with Crippen LogP contribution in [0.4, 0.5) is 11.5 Å². The number of anilines is 1. The van der Waals surface area contributed by atoms with Gasteiger partial charge in [0.15, 0.2) is 0 Å². The summed E-state index contributed by atoms with van der Waals surface area (Å²) in [7, 11) is 0. The molecule has 0 unspecified atom stereocenters. The molecule has 8 heteroatoms. The quantitative estimate of drug-likeness (QED) is 0.594. The van der Waals surface area contributed by atoms with E-state index in [1.54, 1.807) is 20.8 Å². The third kappa shape index (κ3) is 3.01. The van der Waals surface area contributed by atoms with Gasteiger partial charge in [0.1, 0.15) is 11.2 Å². The molecule has 19 heavy (non-hydrogen) atoms. The number of hydrogen-bond donors (Lipinski definition) is 2. The summed E-state index contributed by atoms with van der Waals surface area (Å²) in [6.45, 7) is 7.15. The zero-order valence-electron chi connectivity index (χ0n) is 11.6. The van der Waals surface area contributed by atoms with E-state index in [-0.39, 0.29) is 11.5 Å². The van der Waals surface area contributed by atoms with Crippen molar-refractivity contribution in [2.75, 3.05) is 5.32 Å². The predicted molar refractivity (Wildman–Crippen MR) is 70.8 cm³/mol. The van der Waals surface area contributed by atoms with Crippen LogP contribution in [0, 0.1) is 17.0 Å². The van der Waals surface area contributed by atoms with Gasteiger partial charge in [-0.25, -0.2) is 4.68 Å². The van der Waals surface area contributed by atoms with Crippen LogP contribution < -0.4 is 11.1 Å². The van der Waals surface area contributed by atoms with Gasteiger partial charge in [-0.1, -0.05) is 6.92 Å². The van der Waals surface area contributed by atoms with Crippen molar-refractivity contribution in [1.29, 1.82) is 0 Å². The highest BCUT2D eigenvalue weighted by Crippen LogP contribution is 2.30. The van der Waals surface area contributed by atoms with Gasteiger partial charge >= 0.3 is 5.69 Å². The highest BCUT2D eigenvalue weighted by molar-refractivity contribution is 5.87. The Morgan fingerprint density at radius 2 is 2.16 bits per heavy atom. The molecule has 0 radical (unpaired) electrons. The molecule has 3 N–H and O–H groups in total. The van der Waals surface area contributed by atoms with E-state index in [1.807, 2.05) is 6.92 Å². The van der Waals surface area contributed by atoms with Crippen LogP contribution in [0.3, 0.4) is 0 Å². The Balaban J connectivity index is 3.30. The number of aryl methyl sites for hydroxylation is 2. The molecule has 0 fully saturated rings. The van der Waals surface area contributed by atoms with Crippen LogP contribution in [0.5, 0.6) is 0 Å². The molecule has 1 aromatic rings. The zero-order valence-corrected chi connectivity index (χ0v) is 11.6. The first-order valence-electron chi connectivity index (χ1n) is 6.00. The van der Waals surface area contributed by atoms with Crippen molar-refractivity contribution in [3.63, 3.8) is 0 Å². The fourth-order valence-electron chi connectivity index (χ4n) is 1.65. The Bertz CT molecular complexity index is 507. The molecule has 0 atom stereocenters. The van der Waals surface area contributed by atoms with E-state index in [1.165, 1.54) is 4.68 Å². The van der Waals surface area contributed by atoms with E-state index in [0.29, 0.717) is 12.2 Å². The van der Waals surface area contributed by atoms with Crippen LogP contribution in [-0.2, 0) is 11.3 Å². The Kier molecular flexibility index (Phi) is 4.13. The van der Waals surface area contributed by atoms with Crippen LogP contribution in [0.25, 0.3) is 0 Å². The number of nitro groups is 1. The number of carbonyl (C=O) groups is 1. The summed E-state index contributed by atoms with van der Waals surface area (Å²) < 4.78 is 1.50. The molecule has 0 bridgehead atoms. The SMILES string of the molecule is CCCn1nc(C)c([N+](=O)[O-])c1NC(C)(C)C(N)=O. The number of primary amides is 1. The number of nitrogens with zero attached hydrogens (tertiary/aromatic N) is 3. The third-order valence-electron chi connectivity index (χ3n) is 2.76. The molecular weight excluding hydrogens is 250 g/mol. The van der Waals surface area contributed by atoms with Crippen molar-refractivity contribution in [2.45, 2.75) is 46.2 Å². The van der Waals surface area contributed by atoms with Gasteiger partial charge in [-0.3, -0.25) is 14.9 Å². The van der Waals surface area contributed by atoms with Crippen LogP contribution >= 0.6 is 0 Å². The molecule has 1 amide bonds. The van der Waals surface area contributed by atoms with E-state index in [0.717, 1.165) is 6.42 Å². The maximum atomic E-state index is 11.3. The van der Waals surface area contributed by atoms with Crippen molar-refractivity contribution in [2.24, 2.45) is 5.73 Å². The molecule has 1 heterocycles. The average molecular weight is 269 g/mol. The number of nitrogens with one attached hydrogen (secondary N) is 1. The minimum absolute atomic E-state index is 0.122. The fourth-order valence-corrected chi connectivity index (χ4v) is 1.65. The van der Waals surface area contributed by atoms with E-state index in [2.05, 4.69) is 10.4 Å². The van der Waals surface area contributed by atoms with Gasteiger partial charge in [-0.2, -0.15) is 5.10 Å². The van der Waals surface area contributed by atoms with Crippen LogP contribution in [0.2, 0.25) is 0 Å². The second-order valence-corrected chi connectivity index (χ2v) is 4.88. The van der Waals surface area contributed by atoms with E-state index in [4.69, 9.17) is 5.73 Å². The smallest absolute Gasteiger partial charge is 0.333 e. The number of aromatic nitrogens is 2. The molecule has 1 rings (SSSR count). The number of amides is 1. The number of nitrogens with two attached hydrogens (primary N) is 1. The topological polar surface area (TPSA) is 116 Å². The molecule has 0 aliphatic carbocycles. The molecule has 0 aliphatic heterocycles. The summed E-state index contributed by atoms with van der Waals surface area (Å²) >= 11 is 0. The largest absolute Gasteiger partial charge is 0.368 e. The van der Waals surface area contributed by atoms with Crippen molar-refractivity contribution >= 4 is 17.4 Å². The monoisotopic (exact) mass is 269 g/mol. The first-order chi connectivity index (χ1) is 8.70. The van der Waals surface area contributed by atoms with E-state index < -0.39 is 16.4 Å². The first kappa shape index (κ1) is 14.9. The Hall–Kier alpha value is -2.12. The lowest BCUT2D eigenvalue weighted by molar-refractivity contribution is -0.384. The van der Waals surface area contributed by atoms with Crippen molar-refractivity contribution < 1.29 is 9.72 Å². The van der Waals surface area contributed by atoms with Gasteiger partial charge in [-0.15, -0.1) is 0 Å². The summed E-state index contributed by atoms with van der Waals surface area (Å²) in [4.78, 5) is 21.9. The van der Waals surface area contributed by atoms with Gasteiger partial charge in [0.25, 0.3) is 0 Å². The average Bonchev–Trinajstić information content (AvgIpc) is 2.54. The summed E-state index contributed by atoms with van der Waals surface area (Å²) in [6, 6.07) is 0. The second kappa shape index (κ2) is 5.25. The molecule has 106 valence electrons. The third-order valence-corrected chi connectivity index (χ3v) is 2.76. The maximum absolute atomic E-state index is 11.3. The molecule has 1 aromatic heterocycles. The van der Waals surface area contributed by atoms with Crippen molar-refractivity contribution in [1.82, 2.24) is 9.78 Å². The summed E-state index contributed by atoms with van der Waals surface area (Å²) in [5.41, 5.74) is 4.36. The van der Waals surface area contributed by atoms with Crippen LogP contribution in [0.15, 0.2) is 0 Å². The van der Waals surface area contributed by atoms with Crippen molar-refractivity contribution in [3.8, 4) is 0 Å². The number of rotatable bonds is 6. The normalized spacial score (nSPS) is 11.4. The minimum Gasteiger partial charge on any atom is -0.368 e. The van der Waals surface area contributed by atoms with Gasteiger partial charge in [0.05, 0.1) is 4.92 Å². The Morgan fingerprint density at radius 3 is 2.58 bits per heavy atom. The van der Waals surface area contributed by atoms with Crippen LogP contribution in [0.1, 0.15) is 32.9 Å². The first-order valence-corrected chi connectivity index (χ1v) is 6.00. The van der Waals surface area contributed by atoms with Gasteiger partial charge in [-0.05, 0) is 27.2 Å². The fraction of sp³-hybridized carbons (Fsp3) is 0.636. The summed E-state index contributed by atoms with van der Waals surface area (Å²) in [6.07, 6.45) is 0.768. The Labute approximate surface area is 111 Å². The minimum atomic E-state index is -1.09. The second-order valence-electron chi connectivity index (χ2n) is 4.88. The van der Waals surface area contributed by atoms with Gasteiger partial charge in [0.2, 0.25) is 11.7 Å². The van der Waals surface area contributed by atoms with Gasteiger partial charge < -0.3 is 11.1 Å². The van der Waals surface area contributed by atoms with Crippen LogP contribution in [-0.4, -0.2) is 26.1 Å². The molecule has 0 saturated carbocycles. The lowest BCUT2D eigenvalue weighted by atomic mass is 10.1. The Morgan fingerprint density at radius 1 is 1.58 bits per heavy atom. The number of carbonyl (C=O) groups excluding carboxylic acids is 1. The standard InChI is InChI=1S/C11H19N5O3/c1-5-6-15-9(13-11(3,4)10(12)17)8(16(18)19)7(2)14-15/h13H,5-6H2,1-4H3,(H2,12,17). The molecule has 0 aliphatic rings. The van der Waals surface area contributed by atoms with Gasteiger partial charge in [0, 0.05) is 6.54 Å². The molecule has 0 spiro atoms. The lowest BCUT2D eigenvalue weighted by Crippen LogP contribution is -2.45. The summed E-state index contributed by atoms with van der Waals surface area (Å²) in [5.74, 6) is -0.378. The van der Waals surface area contributed by atoms with E-state index in [9.17, 15) is 14.9 Å². The van der Waals surface area contributed by atoms with E-state index >= 15 is 0 Å². The molecule has 0 aromatic carbocycles. The maximum Gasteiger partial charge on any atom is 0.333 e. The zero-order chi connectivity index (χ0) is 14.8. The summed E-state index contributed by atoms with van der Waals surface area (Å²) in [5, 5.41) is 18.1. The van der Waals surface area contributed by atoms with Crippen molar-refractivity contribution in [3.05, 3.63) is 15.8 Å². The predicted octanol–water partition coefficient (Wildman–Crippen LogP) is 1.19. The molecular formula is C11H19N5O3. The highest BCUT2D eigenvalue weighted by Gasteiger charge is 2.32. The lowest BCUT2D eigenvalue weighted by Gasteiger charge is -2.23. The number of hydrogen-bond acceptors (Lipinski definition) is 5.